The number of aryl methyl sites for hydroxylation is 1. The maximum atomic E-state index is 13.0. The fraction of sp³-hybridized carbons (Fsp3) is 0.100. The molecule has 0 atom stereocenters. The minimum atomic E-state index is -0.760. The molecule has 3 aromatic heterocycles. The molecule has 0 bridgehead atoms. The van der Waals surface area contributed by atoms with Gasteiger partial charge in [-0.15, -0.1) is 11.3 Å². The van der Waals surface area contributed by atoms with E-state index in [9.17, 15) is 19.7 Å². The third-order valence-corrected chi connectivity index (χ3v) is 5.83. The van der Waals surface area contributed by atoms with Crippen LogP contribution in [-0.4, -0.2) is 30.6 Å². The number of thiophene rings is 1. The SMILES string of the molecule is Cc1nc(-n2nc(-c3cccs3)cc2NC(=O)c2cc(Cl)ccc2[N+](=O)[O-])[nH]c(=O)c1C. The average Bonchev–Trinajstić information content (AvgIpc) is 3.41. The highest BCUT2D eigenvalue weighted by molar-refractivity contribution is 7.13. The molecular formula is C20H15ClN6O4S. The van der Waals surface area contributed by atoms with Gasteiger partial charge in [0.2, 0.25) is 5.95 Å². The fourth-order valence-electron chi connectivity index (χ4n) is 2.94. The number of aromatic amines is 1. The van der Waals surface area contributed by atoms with Gasteiger partial charge < -0.3 is 5.32 Å². The van der Waals surface area contributed by atoms with Crippen LogP contribution in [0, 0.1) is 24.0 Å². The summed E-state index contributed by atoms with van der Waals surface area (Å²) in [5, 5.41) is 20.5. The fourth-order valence-corrected chi connectivity index (χ4v) is 3.79. The lowest BCUT2D eigenvalue weighted by atomic mass is 10.1. The van der Waals surface area contributed by atoms with Gasteiger partial charge >= 0.3 is 0 Å². The van der Waals surface area contributed by atoms with Crippen molar-refractivity contribution < 1.29 is 9.72 Å². The molecule has 12 heteroatoms. The lowest BCUT2D eigenvalue weighted by molar-refractivity contribution is -0.385. The Morgan fingerprint density at radius 2 is 2.06 bits per heavy atom. The number of nitrogens with zero attached hydrogens (tertiary/aromatic N) is 4. The van der Waals surface area contributed by atoms with E-state index < -0.39 is 16.5 Å². The van der Waals surface area contributed by atoms with Gasteiger partial charge in [-0.1, -0.05) is 17.7 Å². The number of amides is 1. The van der Waals surface area contributed by atoms with E-state index in [4.69, 9.17) is 11.6 Å². The third-order valence-electron chi connectivity index (χ3n) is 4.71. The van der Waals surface area contributed by atoms with Gasteiger partial charge in [-0.05, 0) is 37.4 Å². The molecule has 0 saturated carbocycles. The zero-order valence-electron chi connectivity index (χ0n) is 16.7. The quantitative estimate of drug-likeness (QED) is 0.332. The van der Waals surface area contributed by atoms with E-state index in [1.54, 1.807) is 19.9 Å². The Hall–Kier alpha value is -3.83. The van der Waals surface area contributed by atoms with Gasteiger partial charge in [0, 0.05) is 28.4 Å². The molecule has 0 aliphatic heterocycles. The normalized spacial score (nSPS) is 10.8. The molecule has 10 nitrogen and oxygen atoms in total. The number of H-pyrrole nitrogens is 1. The van der Waals surface area contributed by atoms with Crippen LogP contribution in [0.1, 0.15) is 21.6 Å². The minimum absolute atomic E-state index is 0.0943. The number of carbonyl (C=O) groups excluding carboxylic acids is 1. The molecule has 0 saturated heterocycles. The number of nitrogens with one attached hydrogen (secondary N) is 2. The molecule has 162 valence electrons. The summed E-state index contributed by atoms with van der Waals surface area (Å²) >= 11 is 7.39. The Kier molecular flexibility index (Phi) is 5.59. The van der Waals surface area contributed by atoms with Crippen LogP contribution in [0.4, 0.5) is 11.5 Å². The predicted molar refractivity (Wildman–Crippen MR) is 121 cm³/mol. The maximum Gasteiger partial charge on any atom is 0.282 e. The molecule has 0 spiro atoms. The Bertz CT molecular complexity index is 1410. The molecule has 4 aromatic rings. The number of nitro groups is 1. The first kappa shape index (κ1) is 21.4. The number of benzene rings is 1. The molecule has 0 unspecified atom stereocenters. The van der Waals surface area contributed by atoms with Crippen molar-refractivity contribution in [3.05, 3.63) is 84.1 Å². The molecule has 1 amide bonds. The Labute approximate surface area is 189 Å². The van der Waals surface area contributed by atoms with Crippen LogP contribution in [0.25, 0.3) is 16.5 Å². The number of halogens is 1. The summed E-state index contributed by atoms with van der Waals surface area (Å²) in [6.45, 7) is 3.33. The molecule has 2 N–H and O–H groups in total. The summed E-state index contributed by atoms with van der Waals surface area (Å²) in [6.07, 6.45) is 0. The van der Waals surface area contributed by atoms with Crippen molar-refractivity contribution >= 4 is 40.4 Å². The zero-order valence-corrected chi connectivity index (χ0v) is 18.3. The standard InChI is InChI=1S/C20H15ClN6O4S/c1-10-11(2)22-20(24-18(10)28)26-17(9-14(25-26)16-4-3-7-32-16)23-19(29)13-8-12(21)5-6-15(13)27(30)31/h3-9H,1-2H3,(H,23,29)(H,22,24,28). The van der Waals surface area contributed by atoms with Crippen LogP contribution >= 0.6 is 22.9 Å². The van der Waals surface area contributed by atoms with Gasteiger partial charge in [0.25, 0.3) is 17.2 Å². The van der Waals surface area contributed by atoms with Gasteiger partial charge in [0.1, 0.15) is 17.1 Å². The molecule has 0 aliphatic carbocycles. The summed E-state index contributed by atoms with van der Waals surface area (Å²) in [5.74, 6) is -0.500. The van der Waals surface area contributed by atoms with E-state index in [1.807, 2.05) is 17.5 Å². The first-order valence-electron chi connectivity index (χ1n) is 9.21. The van der Waals surface area contributed by atoms with E-state index in [1.165, 1.54) is 28.2 Å². The highest BCUT2D eigenvalue weighted by Gasteiger charge is 2.23. The number of anilines is 1. The first-order valence-corrected chi connectivity index (χ1v) is 10.5. The lowest BCUT2D eigenvalue weighted by Gasteiger charge is -2.09. The number of aromatic nitrogens is 4. The highest BCUT2D eigenvalue weighted by Crippen LogP contribution is 2.29. The third kappa shape index (κ3) is 4.03. The molecule has 1 aromatic carbocycles. The van der Waals surface area contributed by atoms with Crippen molar-refractivity contribution in [3.8, 4) is 16.5 Å². The monoisotopic (exact) mass is 470 g/mol. The van der Waals surface area contributed by atoms with Gasteiger partial charge in [-0.2, -0.15) is 9.78 Å². The van der Waals surface area contributed by atoms with Gasteiger partial charge in [-0.3, -0.25) is 24.7 Å². The predicted octanol–water partition coefficient (Wildman–Crippen LogP) is 4.11. The van der Waals surface area contributed by atoms with Crippen molar-refractivity contribution in [2.45, 2.75) is 13.8 Å². The van der Waals surface area contributed by atoms with E-state index >= 15 is 0 Å². The average molecular weight is 471 g/mol. The second-order valence-corrected chi connectivity index (χ2v) is 8.16. The molecule has 0 radical (unpaired) electrons. The number of nitro benzene ring substituents is 1. The molecule has 0 aliphatic rings. The van der Waals surface area contributed by atoms with Crippen molar-refractivity contribution in [1.82, 2.24) is 19.7 Å². The zero-order chi connectivity index (χ0) is 23.0. The molecule has 3 heterocycles. The van der Waals surface area contributed by atoms with Crippen molar-refractivity contribution in [3.63, 3.8) is 0 Å². The molecule has 32 heavy (non-hydrogen) atoms. The van der Waals surface area contributed by atoms with Gasteiger partial charge in [0.05, 0.1) is 9.80 Å². The summed E-state index contributed by atoms with van der Waals surface area (Å²) in [7, 11) is 0. The Morgan fingerprint density at radius 3 is 2.72 bits per heavy atom. The first-order chi connectivity index (χ1) is 15.2. The maximum absolute atomic E-state index is 13.0. The number of carbonyl (C=O) groups is 1. The number of rotatable bonds is 5. The largest absolute Gasteiger partial charge is 0.306 e. The highest BCUT2D eigenvalue weighted by atomic mass is 35.5. The Morgan fingerprint density at radius 1 is 1.28 bits per heavy atom. The van der Waals surface area contributed by atoms with Crippen LogP contribution in [0.3, 0.4) is 0 Å². The summed E-state index contributed by atoms with van der Waals surface area (Å²) < 4.78 is 1.27. The van der Waals surface area contributed by atoms with Crippen molar-refractivity contribution in [1.29, 1.82) is 0 Å². The van der Waals surface area contributed by atoms with E-state index in [0.29, 0.717) is 17.0 Å². The minimum Gasteiger partial charge on any atom is -0.306 e. The second-order valence-electron chi connectivity index (χ2n) is 6.78. The number of hydrogen-bond acceptors (Lipinski definition) is 7. The van der Waals surface area contributed by atoms with E-state index in [2.05, 4.69) is 20.4 Å². The second kappa shape index (κ2) is 8.36. The van der Waals surface area contributed by atoms with E-state index in [-0.39, 0.29) is 27.9 Å². The lowest BCUT2D eigenvalue weighted by Crippen LogP contribution is -2.21. The summed E-state index contributed by atoms with van der Waals surface area (Å²) in [4.78, 5) is 43.7. The van der Waals surface area contributed by atoms with E-state index in [0.717, 1.165) is 10.9 Å². The van der Waals surface area contributed by atoms with Crippen LogP contribution in [0.15, 0.2) is 46.6 Å². The van der Waals surface area contributed by atoms with Crippen LogP contribution in [-0.2, 0) is 0 Å². The summed E-state index contributed by atoms with van der Waals surface area (Å²) in [6, 6.07) is 9.00. The molecular weight excluding hydrogens is 456 g/mol. The van der Waals surface area contributed by atoms with Crippen molar-refractivity contribution in [2.75, 3.05) is 5.32 Å². The van der Waals surface area contributed by atoms with Crippen molar-refractivity contribution in [2.24, 2.45) is 0 Å². The topological polar surface area (TPSA) is 136 Å². The molecule has 4 rings (SSSR count). The van der Waals surface area contributed by atoms with Crippen LogP contribution in [0.5, 0.6) is 0 Å². The van der Waals surface area contributed by atoms with Gasteiger partial charge in [-0.25, -0.2) is 4.98 Å². The number of hydrogen-bond donors (Lipinski definition) is 2. The van der Waals surface area contributed by atoms with Crippen LogP contribution in [0.2, 0.25) is 5.02 Å². The Balaban J connectivity index is 1.82. The smallest absolute Gasteiger partial charge is 0.282 e. The van der Waals surface area contributed by atoms with Crippen LogP contribution < -0.4 is 10.9 Å². The van der Waals surface area contributed by atoms with Gasteiger partial charge in [0.15, 0.2) is 0 Å². The summed E-state index contributed by atoms with van der Waals surface area (Å²) in [5.41, 5.74) is 0.531. The molecule has 0 fully saturated rings.